The summed E-state index contributed by atoms with van der Waals surface area (Å²) in [5.41, 5.74) is 6.39. The van der Waals surface area contributed by atoms with Crippen molar-refractivity contribution in [3.05, 3.63) is 18.2 Å². The van der Waals surface area contributed by atoms with Gasteiger partial charge in [0.05, 0.1) is 19.1 Å². The van der Waals surface area contributed by atoms with Gasteiger partial charge in [0.2, 0.25) is 0 Å². The first-order chi connectivity index (χ1) is 8.52. The van der Waals surface area contributed by atoms with Crippen LogP contribution in [0, 0.1) is 0 Å². The van der Waals surface area contributed by atoms with Crippen LogP contribution < -0.4 is 10.5 Å². The molecule has 1 aromatic rings. The lowest BCUT2D eigenvalue weighted by molar-refractivity contribution is -0.138. The van der Waals surface area contributed by atoms with E-state index in [-0.39, 0.29) is 12.2 Å². The van der Waals surface area contributed by atoms with Crippen molar-refractivity contribution >= 4 is 23.4 Å². The first-order valence-electron chi connectivity index (χ1n) is 5.58. The van der Waals surface area contributed by atoms with E-state index in [1.807, 2.05) is 6.92 Å². The fourth-order valence-electron chi connectivity index (χ4n) is 1.34. The van der Waals surface area contributed by atoms with E-state index < -0.39 is 12.1 Å². The smallest absolute Gasteiger partial charge is 0.306 e. The largest absolute Gasteiger partial charge is 0.494 e. The number of aliphatic carboxylic acids is 1. The van der Waals surface area contributed by atoms with E-state index in [0.717, 1.165) is 4.90 Å². The van der Waals surface area contributed by atoms with E-state index in [2.05, 4.69) is 0 Å². The number of carboxylic acids is 1. The average molecular weight is 271 g/mol. The lowest BCUT2D eigenvalue weighted by Gasteiger charge is -2.11. The van der Waals surface area contributed by atoms with Gasteiger partial charge in [0.1, 0.15) is 5.75 Å². The van der Waals surface area contributed by atoms with Crippen LogP contribution in [-0.4, -0.2) is 34.6 Å². The Balaban J connectivity index is 2.60. The fraction of sp³-hybridized carbons (Fsp3) is 0.417. The highest BCUT2D eigenvalue weighted by molar-refractivity contribution is 7.99. The van der Waals surface area contributed by atoms with Crippen molar-refractivity contribution < 1.29 is 19.7 Å². The van der Waals surface area contributed by atoms with Crippen molar-refractivity contribution in [1.29, 1.82) is 0 Å². The van der Waals surface area contributed by atoms with Crippen LogP contribution in [0.25, 0.3) is 0 Å². The molecular weight excluding hydrogens is 254 g/mol. The van der Waals surface area contributed by atoms with E-state index in [1.54, 1.807) is 18.2 Å². The highest BCUT2D eigenvalue weighted by atomic mass is 32.2. The Hall–Kier alpha value is -1.40. The molecule has 0 saturated heterocycles. The Bertz CT molecular complexity index is 411. The number of nitrogen functional groups attached to an aromatic ring is 1. The van der Waals surface area contributed by atoms with Gasteiger partial charge in [-0.3, -0.25) is 4.79 Å². The number of anilines is 1. The summed E-state index contributed by atoms with van der Waals surface area (Å²) in [4.78, 5) is 11.2. The number of ether oxygens (including phenoxy) is 1. The van der Waals surface area contributed by atoms with Gasteiger partial charge < -0.3 is 20.7 Å². The normalized spacial score (nSPS) is 12.1. The molecular formula is C12H17NO4S. The minimum atomic E-state index is -1.01. The second-order valence-corrected chi connectivity index (χ2v) is 4.76. The maximum atomic E-state index is 10.4. The van der Waals surface area contributed by atoms with Crippen LogP contribution in [0.3, 0.4) is 0 Å². The SMILES string of the molecule is CCOc1ccc(N)c(SCC(O)CC(=O)O)c1. The third kappa shape index (κ3) is 4.85. The van der Waals surface area contributed by atoms with Crippen molar-refractivity contribution in [3.8, 4) is 5.75 Å². The molecule has 6 heteroatoms. The second-order valence-electron chi connectivity index (χ2n) is 3.70. The number of benzene rings is 1. The molecule has 0 heterocycles. The van der Waals surface area contributed by atoms with Crippen LogP contribution in [0.5, 0.6) is 5.75 Å². The number of hydrogen-bond donors (Lipinski definition) is 3. The van der Waals surface area contributed by atoms with Gasteiger partial charge in [-0.2, -0.15) is 0 Å². The molecule has 0 aromatic heterocycles. The standard InChI is InChI=1S/C12H17NO4S/c1-2-17-9-3-4-10(13)11(6-9)18-7-8(14)5-12(15)16/h3-4,6,8,14H,2,5,7,13H2,1H3,(H,15,16). The first kappa shape index (κ1) is 14.7. The summed E-state index contributed by atoms with van der Waals surface area (Å²) in [5, 5.41) is 18.0. The van der Waals surface area contributed by atoms with Gasteiger partial charge in [-0.1, -0.05) is 0 Å². The Morgan fingerprint density at radius 3 is 2.89 bits per heavy atom. The molecule has 1 atom stereocenters. The molecule has 0 saturated carbocycles. The van der Waals surface area contributed by atoms with E-state index in [1.165, 1.54) is 11.8 Å². The summed E-state index contributed by atoms with van der Waals surface area (Å²) in [6, 6.07) is 5.30. The van der Waals surface area contributed by atoms with Crippen molar-refractivity contribution in [1.82, 2.24) is 0 Å². The topological polar surface area (TPSA) is 92.8 Å². The molecule has 18 heavy (non-hydrogen) atoms. The molecule has 0 fully saturated rings. The summed E-state index contributed by atoms with van der Waals surface area (Å²) in [6.07, 6.45) is -1.15. The van der Waals surface area contributed by atoms with E-state index in [4.69, 9.17) is 15.6 Å². The lowest BCUT2D eigenvalue weighted by atomic mass is 10.3. The van der Waals surface area contributed by atoms with Gasteiger partial charge >= 0.3 is 5.97 Å². The number of aliphatic hydroxyl groups is 1. The van der Waals surface area contributed by atoms with E-state index in [0.29, 0.717) is 18.0 Å². The van der Waals surface area contributed by atoms with E-state index in [9.17, 15) is 9.90 Å². The van der Waals surface area contributed by atoms with Gasteiger partial charge in [0, 0.05) is 16.3 Å². The predicted octanol–water partition coefficient (Wildman–Crippen LogP) is 1.60. The third-order valence-corrected chi connectivity index (χ3v) is 3.35. The lowest BCUT2D eigenvalue weighted by Crippen LogP contribution is -2.15. The zero-order valence-corrected chi connectivity index (χ0v) is 10.9. The molecule has 0 radical (unpaired) electrons. The summed E-state index contributed by atoms with van der Waals surface area (Å²) in [7, 11) is 0. The highest BCUT2D eigenvalue weighted by Gasteiger charge is 2.11. The number of thioether (sulfide) groups is 1. The number of carbonyl (C=O) groups is 1. The molecule has 1 aromatic carbocycles. The monoisotopic (exact) mass is 271 g/mol. The molecule has 1 unspecified atom stereocenters. The molecule has 100 valence electrons. The van der Waals surface area contributed by atoms with Gasteiger partial charge in [-0.15, -0.1) is 11.8 Å². The van der Waals surface area contributed by atoms with Gasteiger partial charge in [0.25, 0.3) is 0 Å². The van der Waals surface area contributed by atoms with Crippen LogP contribution in [-0.2, 0) is 4.79 Å². The summed E-state index contributed by atoms with van der Waals surface area (Å²) in [6.45, 7) is 2.45. The second kappa shape index (κ2) is 7.13. The highest BCUT2D eigenvalue weighted by Crippen LogP contribution is 2.29. The van der Waals surface area contributed by atoms with Crippen molar-refractivity contribution in [2.75, 3.05) is 18.1 Å². The Labute approximate surface area is 110 Å². The fourth-order valence-corrected chi connectivity index (χ4v) is 2.27. The molecule has 4 N–H and O–H groups in total. The first-order valence-corrected chi connectivity index (χ1v) is 6.56. The summed E-state index contributed by atoms with van der Waals surface area (Å²) in [5.74, 6) is -0.0208. The van der Waals surface area contributed by atoms with Crippen LogP contribution in [0.15, 0.2) is 23.1 Å². The number of rotatable bonds is 7. The zero-order chi connectivity index (χ0) is 13.5. The van der Waals surface area contributed by atoms with Gasteiger partial charge in [-0.25, -0.2) is 0 Å². The van der Waals surface area contributed by atoms with Crippen LogP contribution in [0.1, 0.15) is 13.3 Å². The molecule has 0 aliphatic heterocycles. The Morgan fingerprint density at radius 2 is 2.28 bits per heavy atom. The number of hydrogen-bond acceptors (Lipinski definition) is 5. The summed E-state index contributed by atoms with van der Waals surface area (Å²) >= 11 is 1.32. The van der Waals surface area contributed by atoms with E-state index >= 15 is 0 Å². The van der Waals surface area contributed by atoms with Gasteiger partial charge in [0.15, 0.2) is 0 Å². The molecule has 0 bridgehead atoms. The zero-order valence-electron chi connectivity index (χ0n) is 10.1. The minimum absolute atomic E-state index is 0.266. The van der Waals surface area contributed by atoms with Gasteiger partial charge in [-0.05, 0) is 25.1 Å². The van der Waals surface area contributed by atoms with Crippen molar-refractivity contribution in [3.63, 3.8) is 0 Å². The van der Waals surface area contributed by atoms with Crippen molar-refractivity contribution in [2.24, 2.45) is 0 Å². The van der Waals surface area contributed by atoms with Crippen LogP contribution >= 0.6 is 11.8 Å². The Kier molecular flexibility index (Phi) is 5.80. The molecule has 0 aliphatic rings. The Morgan fingerprint density at radius 1 is 1.56 bits per heavy atom. The maximum Gasteiger partial charge on any atom is 0.306 e. The average Bonchev–Trinajstić information content (AvgIpc) is 2.29. The quantitative estimate of drug-likeness (QED) is 0.515. The number of aliphatic hydroxyl groups excluding tert-OH is 1. The number of nitrogens with two attached hydrogens (primary N) is 1. The number of carboxylic acid groups (broad SMARTS) is 1. The maximum absolute atomic E-state index is 10.4. The van der Waals surface area contributed by atoms with Crippen LogP contribution in [0.2, 0.25) is 0 Å². The van der Waals surface area contributed by atoms with Crippen molar-refractivity contribution in [2.45, 2.75) is 24.3 Å². The minimum Gasteiger partial charge on any atom is -0.494 e. The molecule has 5 nitrogen and oxygen atoms in total. The predicted molar refractivity (Wildman–Crippen MR) is 71.0 cm³/mol. The van der Waals surface area contributed by atoms with Crippen LogP contribution in [0.4, 0.5) is 5.69 Å². The molecule has 0 amide bonds. The molecule has 1 rings (SSSR count). The summed E-state index contributed by atoms with van der Waals surface area (Å²) < 4.78 is 5.35. The third-order valence-electron chi connectivity index (χ3n) is 2.14. The molecule has 0 spiro atoms. The molecule has 0 aliphatic carbocycles.